The molecule has 0 aliphatic rings. The van der Waals surface area contributed by atoms with Crippen molar-refractivity contribution in [3.63, 3.8) is 0 Å². The normalized spacial score (nSPS) is 10.9. The summed E-state index contributed by atoms with van der Waals surface area (Å²) in [6.07, 6.45) is 8.43. The van der Waals surface area contributed by atoms with Gasteiger partial charge in [0.15, 0.2) is 0 Å². The molecule has 142 valence electrons. The maximum Gasteiger partial charge on any atom is 0.247 e. The molecule has 0 saturated carbocycles. The highest BCUT2D eigenvalue weighted by molar-refractivity contribution is 5.89. The van der Waals surface area contributed by atoms with Gasteiger partial charge < -0.3 is 9.73 Å². The molecule has 0 aliphatic heterocycles. The molecule has 0 fully saturated rings. The summed E-state index contributed by atoms with van der Waals surface area (Å²) >= 11 is 0. The van der Waals surface area contributed by atoms with Gasteiger partial charge in [-0.05, 0) is 26.0 Å². The first kappa shape index (κ1) is 17.7. The summed E-state index contributed by atoms with van der Waals surface area (Å²) in [6, 6.07) is 5.41. The summed E-state index contributed by atoms with van der Waals surface area (Å²) in [5.74, 6) is 1.14. The smallest absolute Gasteiger partial charge is 0.247 e. The Labute approximate surface area is 161 Å². The second-order valence-electron chi connectivity index (χ2n) is 6.37. The predicted octanol–water partition coefficient (Wildman–Crippen LogP) is 2.43. The van der Waals surface area contributed by atoms with Crippen molar-refractivity contribution in [1.29, 1.82) is 0 Å². The van der Waals surface area contributed by atoms with Crippen LogP contribution in [0.4, 0.5) is 5.82 Å². The number of aromatic nitrogens is 6. The van der Waals surface area contributed by atoms with E-state index in [4.69, 9.17) is 4.42 Å². The van der Waals surface area contributed by atoms with Gasteiger partial charge in [-0.15, -0.1) is 0 Å². The fourth-order valence-corrected chi connectivity index (χ4v) is 2.83. The number of nitrogens with one attached hydrogen (secondary N) is 1. The van der Waals surface area contributed by atoms with E-state index in [2.05, 4.69) is 25.5 Å². The van der Waals surface area contributed by atoms with Crippen LogP contribution >= 0.6 is 0 Å². The number of carbonyl (C=O) groups is 1. The lowest BCUT2D eigenvalue weighted by Gasteiger charge is -2.08. The lowest BCUT2D eigenvalue weighted by Crippen LogP contribution is -2.21. The second-order valence-corrected chi connectivity index (χ2v) is 6.37. The largest absolute Gasteiger partial charge is 0.467 e. The van der Waals surface area contributed by atoms with Gasteiger partial charge in [-0.25, -0.2) is 9.67 Å². The maximum atomic E-state index is 12.4. The van der Waals surface area contributed by atoms with E-state index < -0.39 is 0 Å². The number of nitrogens with zero attached hydrogens (tertiary/aromatic N) is 6. The zero-order chi connectivity index (χ0) is 19.5. The summed E-state index contributed by atoms with van der Waals surface area (Å²) in [5.41, 5.74) is 3.24. The number of rotatable bonds is 6. The minimum absolute atomic E-state index is 0.0736. The minimum atomic E-state index is -0.206. The zero-order valence-electron chi connectivity index (χ0n) is 15.5. The van der Waals surface area contributed by atoms with Crippen molar-refractivity contribution >= 4 is 11.7 Å². The first-order chi connectivity index (χ1) is 13.6. The van der Waals surface area contributed by atoms with Crippen molar-refractivity contribution in [2.24, 2.45) is 0 Å². The molecule has 9 nitrogen and oxygen atoms in total. The predicted molar refractivity (Wildman–Crippen MR) is 101 cm³/mol. The van der Waals surface area contributed by atoms with Crippen molar-refractivity contribution in [3.05, 3.63) is 66.4 Å². The van der Waals surface area contributed by atoms with E-state index in [1.165, 1.54) is 0 Å². The van der Waals surface area contributed by atoms with E-state index in [1.54, 1.807) is 46.5 Å². The molecule has 0 aromatic carbocycles. The van der Waals surface area contributed by atoms with Crippen LogP contribution in [-0.4, -0.2) is 35.4 Å². The van der Waals surface area contributed by atoms with Crippen LogP contribution in [0.5, 0.6) is 0 Å². The molecule has 9 heteroatoms. The Morgan fingerprint density at radius 3 is 2.93 bits per heavy atom. The van der Waals surface area contributed by atoms with Crippen LogP contribution in [0.2, 0.25) is 0 Å². The van der Waals surface area contributed by atoms with Gasteiger partial charge in [-0.1, -0.05) is 0 Å². The summed E-state index contributed by atoms with van der Waals surface area (Å²) in [5, 5.41) is 11.3. The summed E-state index contributed by atoms with van der Waals surface area (Å²) in [7, 11) is 0. The summed E-state index contributed by atoms with van der Waals surface area (Å²) < 4.78 is 8.56. The van der Waals surface area contributed by atoms with Crippen molar-refractivity contribution in [2.75, 3.05) is 5.32 Å². The maximum absolute atomic E-state index is 12.4. The van der Waals surface area contributed by atoms with Gasteiger partial charge in [0.25, 0.3) is 0 Å². The molecule has 4 rings (SSSR count). The highest BCUT2D eigenvalue weighted by atomic mass is 16.3. The number of hydrogen-bond acceptors (Lipinski definition) is 6. The Morgan fingerprint density at radius 1 is 1.21 bits per heavy atom. The SMILES string of the molecule is Cc1cnc(C)c(-c2cnn(CC(=O)Nc3ccnn3Cc3ccco3)c2)n1. The van der Waals surface area contributed by atoms with Gasteiger partial charge in [-0.3, -0.25) is 14.5 Å². The Kier molecular flexibility index (Phi) is 4.71. The molecule has 0 aliphatic carbocycles. The third-order valence-electron chi connectivity index (χ3n) is 4.16. The van der Waals surface area contributed by atoms with E-state index in [0.29, 0.717) is 12.4 Å². The standard InChI is InChI=1S/C19H19N7O2/c1-13-8-20-14(2)19(23-13)15-9-22-25(10-15)12-18(27)24-17-5-6-21-26(17)11-16-4-3-7-28-16/h3-10H,11-12H2,1-2H3,(H,24,27). The Bertz CT molecular complexity index is 1100. The van der Waals surface area contributed by atoms with Gasteiger partial charge in [0, 0.05) is 24.0 Å². The number of anilines is 1. The highest BCUT2D eigenvalue weighted by Crippen LogP contribution is 2.19. The van der Waals surface area contributed by atoms with Crippen LogP contribution in [-0.2, 0) is 17.9 Å². The average Bonchev–Trinajstić information content (AvgIpc) is 3.41. The molecule has 0 unspecified atom stereocenters. The molecule has 0 atom stereocenters. The fourth-order valence-electron chi connectivity index (χ4n) is 2.83. The third kappa shape index (κ3) is 3.83. The van der Waals surface area contributed by atoms with E-state index in [-0.39, 0.29) is 12.5 Å². The van der Waals surface area contributed by atoms with Gasteiger partial charge in [0.2, 0.25) is 5.91 Å². The van der Waals surface area contributed by atoms with Crippen molar-refractivity contribution in [2.45, 2.75) is 26.9 Å². The average molecular weight is 377 g/mol. The first-order valence-electron chi connectivity index (χ1n) is 8.75. The number of furan rings is 1. The number of carbonyl (C=O) groups excluding carboxylic acids is 1. The molecule has 4 aromatic heterocycles. The second kappa shape index (κ2) is 7.47. The van der Waals surface area contributed by atoms with E-state index in [1.807, 2.05) is 26.0 Å². The lowest BCUT2D eigenvalue weighted by atomic mass is 10.2. The van der Waals surface area contributed by atoms with Gasteiger partial charge >= 0.3 is 0 Å². The lowest BCUT2D eigenvalue weighted by molar-refractivity contribution is -0.116. The van der Waals surface area contributed by atoms with Crippen LogP contribution < -0.4 is 5.32 Å². The summed E-state index contributed by atoms with van der Waals surface area (Å²) in [4.78, 5) is 21.3. The van der Waals surface area contributed by atoms with E-state index in [0.717, 1.165) is 28.4 Å². The molecule has 4 heterocycles. The monoisotopic (exact) mass is 377 g/mol. The van der Waals surface area contributed by atoms with Crippen LogP contribution in [0.25, 0.3) is 11.3 Å². The quantitative estimate of drug-likeness (QED) is 0.553. The van der Waals surface area contributed by atoms with Crippen molar-refractivity contribution in [1.82, 2.24) is 29.5 Å². The van der Waals surface area contributed by atoms with Crippen LogP contribution in [0.1, 0.15) is 17.1 Å². The Balaban J connectivity index is 1.43. The number of hydrogen-bond donors (Lipinski definition) is 1. The van der Waals surface area contributed by atoms with Crippen LogP contribution in [0, 0.1) is 13.8 Å². The van der Waals surface area contributed by atoms with E-state index in [9.17, 15) is 4.79 Å². The minimum Gasteiger partial charge on any atom is -0.467 e. The fraction of sp³-hybridized carbons (Fsp3) is 0.211. The third-order valence-corrected chi connectivity index (χ3v) is 4.16. The molecule has 28 heavy (non-hydrogen) atoms. The molecule has 0 spiro atoms. The van der Waals surface area contributed by atoms with Crippen molar-refractivity contribution in [3.8, 4) is 11.3 Å². The van der Waals surface area contributed by atoms with Crippen LogP contribution in [0.3, 0.4) is 0 Å². The number of amides is 1. The molecule has 0 radical (unpaired) electrons. The molecule has 0 saturated heterocycles. The topological polar surface area (TPSA) is 104 Å². The molecule has 1 N–H and O–H groups in total. The van der Waals surface area contributed by atoms with Crippen molar-refractivity contribution < 1.29 is 9.21 Å². The summed E-state index contributed by atoms with van der Waals surface area (Å²) in [6.45, 7) is 4.29. The Morgan fingerprint density at radius 2 is 2.11 bits per heavy atom. The van der Waals surface area contributed by atoms with Gasteiger partial charge in [0.05, 0.1) is 35.7 Å². The molecule has 0 bridgehead atoms. The number of aryl methyl sites for hydroxylation is 2. The van der Waals surface area contributed by atoms with Gasteiger partial charge in [-0.2, -0.15) is 10.2 Å². The van der Waals surface area contributed by atoms with E-state index >= 15 is 0 Å². The Hall–Kier alpha value is -3.75. The van der Waals surface area contributed by atoms with Gasteiger partial charge in [0.1, 0.15) is 24.7 Å². The molecule has 4 aromatic rings. The molecular formula is C19H19N7O2. The zero-order valence-corrected chi connectivity index (χ0v) is 15.5. The highest BCUT2D eigenvalue weighted by Gasteiger charge is 2.12. The van der Waals surface area contributed by atoms with Crippen LogP contribution in [0.15, 0.2) is 53.7 Å². The molecular weight excluding hydrogens is 358 g/mol. The first-order valence-corrected chi connectivity index (χ1v) is 8.75. The molecule has 1 amide bonds.